The second-order valence-electron chi connectivity index (χ2n) is 4.97. The third kappa shape index (κ3) is 2.96. The molecule has 2 rings (SSSR count). The fourth-order valence-corrected chi connectivity index (χ4v) is 2.34. The van der Waals surface area contributed by atoms with Gasteiger partial charge in [0.05, 0.1) is 24.0 Å². The fourth-order valence-electron chi connectivity index (χ4n) is 2.34. The Balaban J connectivity index is 2.28. The topological polar surface area (TPSA) is 76.8 Å². The fraction of sp³-hybridized carbons (Fsp3) is 0.500. The molecule has 1 heterocycles. The van der Waals surface area contributed by atoms with E-state index in [4.69, 9.17) is 15.2 Å². The van der Waals surface area contributed by atoms with Gasteiger partial charge in [-0.2, -0.15) is 0 Å². The molecular weight excluding hydrogens is 258 g/mol. The number of likely N-dealkylation sites (N-methyl/N-ethyl adjacent to an activating group) is 1. The highest BCUT2D eigenvalue weighted by atomic mass is 16.5. The first-order valence-electron chi connectivity index (χ1n) is 6.60. The first-order chi connectivity index (χ1) is 9.55. The van der Waals surface area contributed by atoms with Crippen LogP contribution in [-0.2, 0) is 4.74 Å². The molecule has 3 N–H and O–H groups in total. The van der Waals surface area contributed by atoms with E-state index in [1.807, 2.05) is 0 Å². The molecule has 1 aromatic rings. The lowest BCUT2D eigenvalue weighted by Crippen LogP contribution is -2.22. The summed E-state index contributed by atoms with van der Waals surface area (Å²) in [7, 11) is 5.15. The average molecular weight is 279 g/mol. The van der Waals surface area contributed by atoms with Crippen molar-refractivity contribution in [1.29, 1.82) is 0 Å². The standard InChI is InChI=1S/C14H21N3O3/c1-16-11-6-9(14(18)19-3)7-12(13(11)15)20-10-4-5-17(2)8-10/h6-7,10,16H,4-5,8,15H2,1-3H3. The maximum Gasteiger partial charge on any atom is 0.338 e. The van der Waals surface area contributed by atoms with E-state index in [9.17, 15) is 4.79 Å². The summed E-state index contributed by atoms with van der Waals surface area (Å²) in [5.41, 5.74) is 7.66. The lowest BCUT2D eigenvalue weighted by molar-refractivity contribution is 0.0600. The van der Waals surface area contributed by atoms with Crippen molar-refractivity contribution in [3.8, 4) is 5.75 Å². The zero-order chi connectivity index (χ0) is 14.7. The van der Waals surface area contributed by atoms with Gasteiger partial charge in [0, 0.05) is 20.1 Å². The molecule has 0 aromatic heterocycles. The van der Waals surface area contributed by atoms with Gasteiger partial charge in [-0.25, -0.2) is 4.79 Å². The van der Waals surface area contributed by atoms with Crippen LogP contribution in [0.25, 0.3) is 0 Å². The van der Waals surface area contributed by atoms with Gasteiger partial charge in [-0.1, -0.05) is 0 Å². The number of rotatable bonds is 4. The Bertz CT molecular complexity index is 505. The highest BCUT2D eigenvalue weighted by Gasteiger charge is 2.23. The number of hydrogen-bond donors (Lipinski definition) is 2. The van der Waals surface area contributed by atoms with E-state index in [0.717, 1.165) is 19.5 Å². The lowest BCUT2D eigenvalue weighted by Gasteiger charge is -2.18. The summed E-state index contributed by atoms with van der Waals surface area (Å²) in [5.74, 6) is 0.118. The Hall–Kier alpha value is -1.95. The smallest absolute Gasteiger partial charge is 0.338 e. The average Bonchev–Trinajstić information content (AvgIpc) is 2.85. The van der Waals surface area contributed by atoms with Crippen molar-refractivity contribution in [2.45, 2.75) is 12.5 Å². The number of carbonyl (C=O) groups excluding carboxylic acids is 1. The van der Waals surface area contributed by atoms with E-state index in [0.29, 0.717) is 22.7 Å². The van der Waals surface area contributed by atoms with Crippen LogP contribution in [0.4, 0.5) is 11.4 Å². The van der Waals surface area contributed by atoms with Crippen LogP contribution in [0.2, 0.25) is 0 Å². The third-order valence-electron chi connectivity index (χ3n) is 3.47. The predicted molar refractivity (Wildman–Crippen MR) is 78.3 cm³/mol. The van der Waals surface area contributed by atoms with Crippen LogP contribution in [-0.4, -0.2) is 51.3 Å². The second kappa shape index (κ2) is 6.00. The van der Waals surface area contributed by atoms with Gasteiger partial charge < -0.3 is 25.4 Å². The molecule has 0 aliphatic carbocycles. The molecular formula is C14H21N3O3. The van der Waals surface area contributed by atoms with Gasteiger partial charge in [0.2, 0.25) is 0 Å². The number of likely N-dealkylation sites (tertiary alicyclic amines) is 1. The Morgan fingerprint density at radius 1 is 1.50 bits per heavy atom. The number of nitrogens with one attached hydrogen (secondary N) is 1. The molecule has 110 valence electrons. The molecule has 1 fully saturated rings. The van der Waals surface area contributed by atoms with Gasteiger partial charge >= 0.3 is 5.97 Å². The summed E-state index contributed by atoms with van der Waals surface area (Å²) in [6.45, 7) is 1.86. The maximum atomic E-state index is 11.7. The summed E-state index contributed by atoms with van der Waals surface area (Å²) < 4.78 is 10.7. The van der Waals surface area contributed by atoms with Crippen molar-refractivity contribution in [1.82, 2.24) is 4.90 Å². The van der Waals surface area contributed by atoms with Gasteiger partial charge in [0.25, 0.3) is 0 Å². The molecule has 6 heteroatoms. The summed E-state index contributed by atoms with van der Waals surface area (Å²) in [6, 6.07) is 3.30. The van der Waals surface area contributed by atoms with Crippen LogP contribution in [0.1, 0.15) is 16.8 Å². The van der Waals surface area contributed by atoms with Crippen LogP contribution in [0.5, 0.6) is 5.75 Å². The molecule has 1 unspecified atom stereocenters. The molecule has 0 bridgehead atoms. The van der Waals surface area contributed by atoms with E-state index in [2.05, 4.69) is 17.3 Å². The first-order valence-corrected chi connectivity index (χ1v) is 6.60. The summed E-state index contributed by atoms with van der Waals surface area (Å²) in [6.07, 6.45) is 1.05. The van der Waals surface area contributed by atoms with Crippen LogP contribution in [0.3, 0.4) is 0 Å². The summed E-state index contributed by atoms with van der Waals surface area (Å²) in [5, 5.41) is 2.97. The van der Waals surface area contributed by atoms with Crippen molar-refractivity contribution in [3.05, 3.63) is 17.7 Å². The molecule has 1 aliphatic heterocycles. The molecule has 0 radical (unpaired) electrons. The molecule has 0 amide bonds. The van der Waals surface area contributed by atoms with E-state index in [1.54, 1.807) is 19.2 Å². The Labute approximate surface area is 118 Å². The minimum absolute atomic E-state index is 0.0971. The number of methoxy groups -OCH3 is 1. The van der Waals surface area contributed by atoms with E-state index in [-0.39, 0.29) is 6.10 Å². The minimum atomic E-state index is -0.408. The molecule has 1 saturated heterocycles. The quantitative estimate of drug-likeness (QED) is 0.636. The van der Waals surface area contributed by atoms with E-state index in [1.165, 1.54) is 7.11 Å². The number of anilines is 2. The minimum Gasteiger partial charge on any atom is -0.487 e. The molecule has 0 spiro atoms. The Morgan fingerprint density at radius 2 is 2.25 bits per heavy atom. The van der Waals surface area contributed by atoms with Gasteiger partial charge in [-0.15, -0.1) is 0 Å². The monoisotopic (exact) mass is 279 g/mol. The van der Waals surface area contributed by atoms with Gasteiger partial charge in [0.1, 0.15) is 11.9 Å². The van der Waals surface area contributed by atoms with Crippen LogP contribution in [0.15, 0.2) is 12.1 Å². The number of ether oxygens (including phenoxy) is 2. The van der Waals surface area contributed by atoms with E-state index >= 15 is 0 Å². The van der Waals surface area contributed by atoms with Gasteiger partial charge in [0.15, 0.2) is 0 Å². The zero-order valence-electron chi connectivity index (χ0n) is 12.1. The van der Waals surface area contributed by atoms with Crippen LogP contribution < -0.4 is 15.8 Å². The molecule has 1 atom stereocenters. The Kier molecular flexibility index (Phi) is 4.34. The Morgan fingerprint density at radius 3 is 2.80 bits per heavy atom. The molecule has 6 nitrogen and oxygen atoms in total. The van der Waals surface area contributed by atoms with E-state index < -0.39 is 5.97 Å². The van der Waals surface area contributed by atoms with Crippen LogP contribution >= 0.6 is 0 Å². The second-order valence-corrected chi connectivity index (χ2v) is 4.97. The third-order valence-corrected chi connectivity index (χ3v) is 3.47. The zero-order valence-corrected chi connectivity index (χ0v) is 12.1. The highest BCUT2D eigenvalue weighted by Crippen LogP contribution is 2.33. The largest absolute Gasteiger partial charge is 0.487 e. The van der Waals surface area contributed by atoms with Crippen molar-refractivity contribution in [2.24, 2.45) is 0 Å². The van der Waals surface area contributed by atoms with Crippen molar-refractivity contribution < 1.29 is 14.3 Å². The number of benzene rings is 1. The van der Waals surface area contributed by atoms with Crippen LogP contribution in [0, 0.1) is 0 Å². The number of nitrogen functional groups attached to an aromatic ring is 1. The molecule has 0 saturated carbocycles. The first kappa shape index (κ1) is 14.5. The van der Waals surface area contributed by atoms with Crippen molar-refractivity contribution >= 4 is 17.3 Å². The number of nitrogens with two attached hydrogens (primary N) is 1. The lowest BCUT2D eigenvalue weighted by atomic mass is 10.1. The number of esters is 1. The van der Waals surface area contributed by atoms with Gasteiger partial charge in [-0.3, -0.25) is 0 Å². The maximum absolute atomic E-state index is 11.7. The SMILES string of the molecule is CNc1cc(C(=O)OC)cc(OC2CCN(C)C2)c1N. The number of hydrogen-bond acceptors (Lipinski definition) is 6. The van der Waals surface area contributed by atoms with Crippen molar-refractivity contribution in [2.75, 3.05) is 45.3 Å². The molecule has 1 aromatic carbocycles. The summed E-state index contributed by atoms with van der Waals surface area (Å²) in [4.78, 5) is 13.9. The highest BCUT2D eigenvalue weighted by molar-refractivity contribution is 5.93. The summed E-state index contributed by atoms with van der Waals surface area (Å²) >= 11 is 0. The normalized spacial score (nSPS) is 18.9. The number of carbonyl (C=O) groups is 1. The number of nitrogens with zero attached hydrogens (tertiary/aromatic N) is 1. The molecule has 20 heavy (non-hydrogen) atoms. The predicted octanol–water partition coefficient (Wildman–Crippen LogP) is 1.18. The van der Waals surface area contributed by atoms with Crippen molar-refractivity contribution in [3.63, 3.8) is 0 Å². The van der Waals surface area contributed by atoms with Gasteiger partial charge in [-0.05, 0) is 25.6 Å². The molecule has 1 aliphatic rings.